The summed E-state index contributed by atoms with van der Waals surface area (Å²) in [6.07, 6.45) is 7.41. The summed E-state index contributed by atoms with van der Waals surface area (Å²) in [4.78, 5) is 0. The smallest absolute Gasteiger partial charge is 0.0214 e. The topological polar surface area (TPSA) is 0 Å². The van der Waals surface area contributed by atoms with Crippen molar-refractivity contribution in [1.82, 2.24) is 0 Å². The van der Waals surface area contributed by atoms with Crippen LogP contribution in [-0.2, 0) is 0 Å². The second kappa shape index (κ2) is 6.09. The van der Waals surface area contributed by atoms with E-state index in [1.165, 1.54) is 53.5 Å². The predicted molar refractivity (Wildman–Crippen MR) is 87.2 cm³/mol. The first-order chi connectivity index (χ1) is 9.90. The Labute approximate surface area is 122 Å². The van der Waals surface area contributed by atoms with E-state index in [9.17, 15) is 0 Å². The van der Waals surface area contributed by atoms with Crippen LogP contribution in [0.1, 0.15) is 49.3 Å². The molecule has 0 heterocycles. The molecular weight excluding hydrogens is 240 g/mol. The summed E-state index contributed by atoms with van der Waals surface area (Å²) >= 11 is 0. The molecule has 3 rings (SSSR count). The second-order valence-electron chi connectivity index (χ2n) is 5.45. The molecule has 101 valence electrons. The van der Waals surface area contributed by atoms with E-state index in [2.05, 4.69) is 67.9 Å². The van der Waals surface area contributed by atoms with Crippen molar-refractivity contribution in [2.75, 3.05) is 0 Å². The minimum absolute atomic E-state index is 1.19. The van der Waals surface area contributed by atoms with Gasteiger partial charge >= 0.3 is 0 Å². The molecule has 2 aromatic rings. The molecular formula is C20H21. The standard InChI is InChI=1S/C20H21/c1-2-3-5-14-19-18-13-9-8-12-17(18)15-20(19)16-10-6-4-7-11-16/h4,6-13,15H,2-3,5,14H2,1H3. The number of fused-ring (bicyclic) bond motifs is 1. The average Bonchev–Trinajstić information content (AvgIpc) is 2.87. The van der Waals surface area contributed by atoms with E-state index in [0.717, 1.165) is 0 Å². The highest BCUT2D eigenvalue weighted by Gasteiger charge is 2.21. The normalized spacial score (nSPS) is 13.7. The van der Waals surface area contributed by atoms with Crippen LogP contribution < -0.4 is 0 Å². The molecule has 0 bridgehead atoms. The lowest BCUT2D eigenvalue weighted by atomic mass is 9.96. The minimum Gasteiger partial charge on any atom is -0.0654 e. The molecule has 1 aliphatic rings. The SMILES string of the molecule is CCCCCC1=C(c2ccccc2)[CH]c2ccccc21. The maximum atomic E-state index is 2.35. The van der Waals surface area contributed by atoms with E-state index in [1.807, 2.05) is 0 Å². The first-order valence-electron chi connectivity index (χ1n) is 7.63. The van der Waals surface area contributed by atoms with Crippen molar-refractivity contribution in [3.63, 3.8) is 0 Å². The maximum Gasteiger partial charge on any atom is 0.0214 e. The minimum atomic E-state index is 1.19. The molecule has 0 heteroatoms. The molecule has 1 aliphatic carbocycles. The lowest BCUT2D eigenvalue weighted by Gasteiger charge is -2.09. The van der Waals surface area contributed by atoms with Gasteiger partial charge < -0.3 is 0 Å². The monoisotopic (exact) mass is 261 g/mol. The highest BCUT2D eigenvalue weighted by Crippen LogP contribution is 2.42. The van der Waals surface area contributed by atoms with Crippen LogP contribution >= 0.6 is 0 Å². The fraction of sp³-hybridized carbons (Fsp3) is 0.250. The molecule has 0 unspecified atom stereocenters. The number of rotatable bonds is 5. The van der Waals surface area contributed by atoms with Crippen LogP contribution in [0.3, 0.4) is 0 Å². The highest BCUT2D eigenvalue weighted by molar-refractivity contribution is 6.02. The molecule has 2 aromatic carbocycles. The molecule has 0 saturated carbocycles. The third-order valence-corrected chi connectivity index (χ3v) is 4.03. The molecule has 0 spiro atoms. The van der Waals surface area contributed by atoms with Crippen molar-refractivity contribution in [3.05, 3.63) is 77.7 Å². The second-order valence-corrected chi connectivity index (χ2v) is 5.45. The predicted octanol–water partition coefficient (Wildman–Crippen LogP) is 5.74. The van der Waals surface area contributed by atoms with Crippen molar-refractivity contribution >= 4 is 11.1 Å². The van der Waals surface area contributed by atoms with E-state index in [0.29, 0.717) is 0 Å². The van der Waals surface area contributed by atoms with Gasteiger partial charge in [0.2, 0.25) is 0 Å². The van der Waals surface area contributed by atoms with Gasteiger partial charge in [0.05, 0.1) is 0 Å². The Hall–Kier alpha value is -1.82. The molecule has 0 amide bonds. The molecule has 0 saturated heterocycles. The highest BCUT2D eigenvalue weighted by atomic mass is 14.2. The van der Waals surface area contributed by atoms with Gasteiger partial charge in [0, 0.05) is 6.42 Å². The zero-order valence-corrected chi connectivity index (χ0v) is 12.1. The van der Waals surface area contributed by atoms with Gasteiger partial charge in [-0.3, -0.25) is 0 Å². The van der Waals surface area contributed by atoms with Gasteiger partial charge in [0.15, 0.2) is 0 Å². The first kappa shape index (κ1) is 13.2. The van der Waals surface area contributed by atoms with E-state index < -0.39 is 0 Å². The van der Waals surface area contributed by atoms with Crippen LogP contribution in [0.4, 0.5) is 0 Å². The van der Waals surface area contributed by atoms with Gasteiger partial charge in [0.25, 0.3) is 0 Å². The van der Waals surface area contributed by atoms with Gasteiger partial charge in [-0.05, 0) is 40.7 Å². The molecule has 1 radical (unpaired) electrons. The fourth-order valence-corrected chi connectivity index (χ4v) is 2.98. The first-order valence-corrected chi connectivity index (χ1v) is 7.63. The van der Waals surface area contributed by atoms with Crippen molar-refractivity contribution in [2.24, 2.45) is 0 Å². The molecule has 0 aromatic heterocycles. The Morgan fingerprint density at radius 3 is 2.35 bits per heavy atom. The molecule has 0 fully saturated rings. The van der Waals surface area contributed by atoms with Crippen molar-refractivity contribution in [1.29, 1.82) is 0 Å². The quantitative estimate of drug-likeness (QED) is 0.602. The molecule has 0 aliphatic heterocycles. The van der Waals surface area contributed by atoms with Gasteiger partial charge in [0.1, 0.15) is 0 Å². The third-order valence-electron chi connectivity index (χ3n) is 4.03. The number of allylic oxidation sites excluding steroid dienone is 2. The van der Waals surface area contributed by atoms with Crippen LogP contribution in [0, 0.1) is 6.42 Å². The van der Waals surface area contributed by atoms with E-state index >= 15 is 0 Å². The van der Waals surface area contributed by atoms with Gasteiger partial charge in [-0.2, -0.15) is 0 Å². The van der Waals surface area contributed by atoms with E-state index in [4.69, 9.17) is 0 Å². The average molecular weight is 261 g/mol. The summed E-state index contributed by atoms with van der Waals surface area (Å²) in [7, 11) is 0. The summed E-state index contributed by atoms with van der Waals surface area (Å²) in [6.45, 7) is 2.27. The summed E-state index contributed by atoms with van der Waals surface area (Å²) < 4.78 is 0. The Kier molecular flexibility index (Phi) is 4.01. The van der Waals surface area contributed by atoms with Gasteiger partial charge in [-0.1, -0.05) is 74.4 Å². The molecule has 0 atom stereocenters. The third kappa shape index (κ3) is 2.56. The maximum absolute atomic E-state index is 2.35. The summed E-state index contributed by atoms with van der Waals surface area (Å²) in [5.41, 5.74) is 7.10. The summed E-state index contributed by atoms with van der Waals surface area (Å²) in [6, 6.07) is 19.6. The number of benzene rings is 2. The zero-order valence-electron chi connectivity index (χ0n) is 12.1. The van der Waals surface area contributed by atoms with Crippen LogP contribution in [0.15, 0.2) is 54.6 Å². The van der Waals surface area contributed by atoms with Crippen LogP contribution in [0.2, 0.25) is 0 Å². The van der Waals surface area contributed by atoms with Gasteiger partial charge in [-0.15, -0.1) is 0 Å². The van der Waals surface area contributed by atoms with Crippen molar-refractivity contribution in [3.8, 4) is 0 Å². The van der Waals surface area contributed by atoms with Crippen LogP contribution in [0.5, 0.6) is 0 Å². The number of hydrogen-bond acceptors (Lipinski definition) is 0. The molecule has 0 nitrogen and oxygen atoms in total. The van der Waals surface area contributed by atoms with E-state index in [1.54, 1.807) is 0 Å². The van der Waals surface area contributed by atoms with Crippen molar-refractivity contribution in [2.45, 2.75) is 32.6 Å². The zero-order chi connectivity index (χ0) is 13.8. The Bertz CT molecular complexity index is 605. The molecule has 0 N–H and O–H groups in total. The lowest BCUT2D eigenvalue weighted by Crippen LogP contribution is -1.87. The van der Waals surface area contributed by atoms with Crippen molar-refractivity contribution < 1.29 is 0 Å². The largest absolute Gasteiger partial charge is 0.0654 e. The Balaban J connectivity index is 1.97. The number of hydrogen-bond donors (Lipinski definition) is 0. The fourth-order valence-electron chi connectivity index (χ4n) is 2.98. The number of unbranched alkanes of at least 4 members (excludes halogenated alkanes) is 2. The Morgan fingerprint density at radius 1 is 0.800 bits per heavy atom. The van der Waals surface area contributed by atoms with Crippen LogP contribution in [0.25, 0.3) is 11.1 Å². The van der Waals surface area contributed by atoms with Crippen LogP contribution in [-0.4, -0.2) is 0 Å². The Morgan fingerprint density at radius 2 is 1.55 bits per heavy atom. The molecule has 20 heavy (non-hydrogen) atoms. The summed E-state index contributed by atoms with van der Waals surface area (Å²) in [5, 5.41) is 0. The van der Waals surface area contributed by atoms with Gasteiger partial charge in [-0.25, -0.2) is 0 Å². The lowest BCUT2D eigenvalue weighted by molar-refractivity contribution is 0.736. The van der Waals surface area contributed by atoms with E-state index in [-0.39, 0.29) is 0 Å². The summed E-state index contributed by atoms with van der Waals surface area (Å²) in [5.74, 6) is 0.